The van der Waals surface area contributed by atoms with Gasteiger partial charge in [-0.25, -0.2) is 14.4 Å². The van der Waals surface area contributed by atoms with E-state index in [1.54, 1.807) is 60.7 Å². The molecule has 3 aromatic rings. The van der Waals surface area contributed by atoms with Gasteiger partial charge in [0.15, 0.2) is 6.10 Å². The second-order valence-corrected chi connectivity index (χ2v) is 10.4. The Kier molecular flexibility index (Phi) is 10.6. The first-order chi connectivity index (χ1) is 19.9. The molecular weight excluding hydrogens is 546 g/mol. The van der Waals surface area contributed by atoms with Crippen molar-refractivity contribution >= 4 is 29.8 Å². The molecule has 214 valence electrons. The van der Waals surface area contributed by atoms with Crippen LogP contribution < -0.4 is 5.32 Å². The van der Waals surface area contributed by atoms with Crippen LogP contribution in [0.25, 0.3) is 0 Å². The van der Waals surface area contributed by atoms with Crippen molar-refractivity contribution in [1.29, 1.82) is 0 Å². The van der Waals surface area contributed by atoms with Crippen LogP contribution in [0.4, 0.5) is 4.79 Å². The van der Waals surface area contributed by atoms with Crippen molar-refractivity contribution in [3.05, 3.63) is 114 Å². The summed E-state index contributed by atoms with van der Waals surface area (Å²) in [5.74, 6) is -1.31. The highest BCUT2D eigenvalue weighted by molar-refractivity contribution is 7.99. The summed E-state index contributed by atoms with van der Waals surface area (Å²) in [4.78, 5) is 39.2. The number of esters is 2. The fourth-order valence-corrected chi connectivity index (χ4v) is 5.22. The van der Waals surface area contributed by atoms with Gasteiger partial charge >= 0.3 is 18.0 Å². The highest BCUT2D eigenvalue weighted by atomic mass is 32.2. The third kappa shape index (κ3) is 8.20. The smallest absolute Gasteiger partial charge is 0.407 e. The lowest BCUT2D eigenvalue weighted by Crippen LogP contribution is -2.64. The molecule has 41 heavy (non-hydrogen) atoms. The Labute approximate surface area is 242 Å². The zero-order chi connectivity index (χ0) is 29.2. The van der Waals surface area contributed by atoms with Crippen LogP contribution in [0, 0.1) is 6.92 Å². The number of amides is 1. The van der Waals surface area contributed by atoms with E-state index in [9.17, 15) is 19.5 Å². The maximum Gasteiger partial charge on any atom is 0.407 e. The number of benzene rings is 3. The molecule has 0 aliphatic carbocycles. The van der Waals surface area contributed by atoms with E-state index in [0.29, 0.717) is 5.56 Å². The molecule has 3 aromatic carbocycles. The van der Waals surface area contributed by atoms with E-state index in [2.05, 4.69) is 11.9 Å². The maximum absolute atomic E-state index is 13.1. The summed E-state index contributed by atoms with van der Waals surface area (Å²) in [7, 11) is 0. The highest BCUT2D eigenvalue weighted by Crippen LogP contribution is 2.35. The van der Waals surface area contributed by atoms with Crippen molar-refractivity contribution in [1.82, 2.24) is 5.32 Å². The molecule has 1 amide bonds. The van der Waals surface area contributed by atoms with Gasteiger partial charge in [0, 0.05) is 4.90 Å². The lowest BCUT2D eigenvalue weighted by Gasteiger charge is -2.43. The minimum absolute atomic E-state index is 0.0513. The van der Waals surface area contributed by atoms with Crippen LogP contribution in [0.2, 0.25) is 0 Å². The third-order valence-corrected chi connectivity index (χ3v) is 7.39. The van der Waals surface area contributed by atoms with E-state index < -0.39 is 47.8 Å². The molecule has 2 N–H and O–H groups in total. The molecule has 10 heteroatoms. The zero-order valence-corrected chi connectivity index (χ0v) is 23.2. The van der Waals surface area contributed by atoms with Gasteiger partial charge in [0.05, 0.1) is 11.1 Å². The Morgan fingerprint density at radius 1 is 0.927 bits per heavy atom. The molecule has 5 atom stereocenters. The second-order valence-electron chi connectivity index (χ2n) is 9.22. The van der Waals surface area contributed by atoms with Crippen LogP contribution in [-0.2, 0) is 18.9 Å². The molecule has 4 rings (SSSR count). The number of aliphatic hydroxyl groups excluding tert-OH is 1. The number of ether oxygens (including phenoxy) is 4. The summed E-state index contributed by atoms with van der Waals surface area (Å²) in [6.45, 7) is 5.12. The first kappa shape index (κ1) is 29.9. The first-order valence-corrected chi connectivity index (χ1v) is 13.8. The van der Waals surface area contributed by atoms with Crippen LogP contribution in [0.5, 0.6) is 0 Å². The number of carbonyl (C=O) groups is 3. The number of rotatable bonds is 10. The van der Waals surface area contributed by atoms with E-state index in [1.165, 1.54) is 17.8 Å². The molecule has 9 nitrogen and oxygen atoms in total. The monoisotopic (exact) mass is 577 g/mol. The number of carbonyl (C=O) groups excluding carboxylic acids is 3. The molecule has 0 spiro atoms. The van der Waals surface area contributed by atoms with Crippen molar-refractivity contribution in [2.75, 3.05) is 13.2 Å². The van der Waals surface area contributed by atoms with Gasteiger partial charge in [0.1, 0.15) is 36.9 Å². The molecule has 0 bridgehead atoms. The van der Waals surface area contributed by atoms with Gasteiger partial charge in [-0.1, -0.05) is 78.5 Å². The van der Waals surface area contributed by atoms with E-state index in [0.717, 1.165) is 10.5 Å². The number of alkyl carbamates (subject to hydrolysis) is 1. The van der Waals surface area contributed by atoms with Gasteiger partial charge in [-0.3, -0.25) is 0 Å². The topological polar surface area (TPSA) is 120 Å². The van der Waals surface area contributed by atoms with Crippen LogP contribution in [0.15, 0.2) is 102 Å². The number of hydrogen-bond acceptors (Lipinski definition) is 9. The minimum atomic E-state index is -1.47. The summed E-state index contributed by atoms with van der Waals surface area (Å²) in [6, 6.07) is 23.2. The number of thioether (sulfide) groups is 1. The molecule has 1 fully saturated rings. The molecule has 0 saturated carbocycles. The van der Waals surface area contributed by atoms with E-state index >= 15 is 0 Å². The Hall–Kier alpha value is -4.12. The largest absolute Gasteiger partial charge is 0.459 e. The number of aliphatic hydroxyl groups is 1. The Bertz CT molecular complexity index is 1320. The number of aryl methyl sites for hydroxylation is 1. The van der Waals surface area contributed by atoms with Crippen molar-refractivity contribution in [2.45, 2.75) is 41.6 Å². The van der Waals surface area contributed by atoms with E-state index in [1.807, 2.05) is 31.2 Å². The predicted molar refractivity (Wildman–Crippen MR) is 153 cm³/mol. The van der Waals surface area contributed by atoms with Gasteiger partial charge in [0.25, 0.3) is 0 Å². The highest BCUT2D eigenvalue weighted by Gasteiger charge is 2.49. The summed E-state index contributed by atoms with van der Waals surface area (Å²) < 4.78 is 22.6. The summed E-state index contributed by atoms with van der Waals surface area (Å²) in [5.41, 5.74) is 0.776. The molecule has 0 radical (unpaired) electrons. The van der Waals surface area contributed by atoms with Crippen molar-refractivity contribution in [3.63, 3.8) is 0 Å². The molecule has 1 saturated heterocycles. The fourth-order valence-electron chi connectivity index (χ4n) is 4.09. The summed E-state index contributed by atoms with van der Waals surface area (Å²) >= 11 is 1.25. The average molecular weight is 578 g/mol. The fraction of sp³-hybridized carbons (Fsp3) is 0.258. The normalized spacial score (nSPS) is 21.8. The van der Waals surface area contributed by atoms with E-state index in [-0.39, 0.29) is 18.8 Å². The van der Waals surface area contributed by atoms with Crippen LogP contribution in [0.1, 0.15) is 26.3 Å². The van der Waals surface area contributed by atoms with Crippen LogP contribution >= 0.6 is 11.8 Å². The molecule has 1 aliphatic heterocycles. The summed E-state index contributed by atoms with van der Waals surface area (Å²) in [6.07, 6.45) is -3.23. The van der Waals surface area contributed by atoms with Gasteiger partial charge in [0.2, 0.25) is 0 Å². The standard InChI is InChI=1S/C31H31NO8S/c1-3-18-37-31(36)32-25-27(40-29(35)22-12-8-5-9-13-22)26(33)24(19-38-28(34)21-10-6-4-7-11-21)39-30(25)41-23-16-14-20(2)15-17-23/h3-17,24-27,30,33H,1,18-19H2,2H3,(H,32,36)/t24-,25-,26-,27-,30+/m1/s1. The van der Waals surface area contributed by atoms with Gasteiger partial charge < -0.3 is 29.4 Å². The minimum Gasteiger partial charge on any atom is -0.459 e. The molecule has 0 unspecified atom stereocenters. The van der Waals surface area contributed by atoms with Gasteiger partial charge in [-0.2, -0.15) is 0 Å². The van der Waals surface area contributed by atoms with Crippen molar-refractivity contribution in [3.8, 4) is 0 Å². The number of hydrogen-bond donors (Lipinski definition) is 2. The first-order valence-electron chi connectivity index (χ1n) is 12.9. The lowest BCUT2D eigenvalue weighted by atomic mass is 9.97. The van der Waals surface area contributed by atoms with Crippen molar-refractivity contribution < 1.29 is 38.4 Å². The van der Waals surface area contributed by atoms with Crippen LogP contribution in [0.3, 0.4) is 0 Å². The second kappa shape index (κ2) is 14.5. The Balaban J connectivity index is 1.62. The maximum atomic E-state index is 13.1. The molecule has 1 aliphatic rings. The third-order valence-electron chi connectivity index (χ3n) is 6.20. The molecule has 1 heterocycles. The Morgan fingerprint density at radius 2 is 1.54 bits per heavy atom. The number of nitrogens with one attached hydrogen (secondary N) is 1. The zero-order valence-electron chi connectivity index (χ0n) is 22.4. The average Bonchev–Trinajstić information content (AvgIpc) is 3.00. The summed E-state index contributed by atoms with van der Waals surface area (Å²) in [5, 5.41) is 14.1. The SMILES string of the molecule is C=CCOC(=O)N[C@@H]1[C@@H](OC(=O)c2ccccc2)[C@H](O)[C@@H](COC(=O)c2ccccc2)O[C@H]1Sc1ccc(C)cc1. The Morgan fingerprint density at radius 3 is 2.15 bits per heavy atom. The lowest BCUT2D eigenvalue weighted by molar-refractivity contribution is -0.172. The van der Waals surface area contributed by atoms with Gasteiger partial charge in [-0.05, 0) is 43.3 Å². The molecule has 0 aromatic heterocycles. The van der Waals surface area contributed by atoms with Gasteiger partial charge in [-0.15, -0.1) is 0 Å². The van der Waals surface area contributed by atoms with Crippen LogP contribution in [-0.4, -0.2) is 66.1 Å². The van der Waals surface area contributed by atoms with E-state index in [4.69, 9.17) is 18.9 Å². The van der Waals surface area contributed by atoms with Crippen molar-refractivity contribution in [2.24, 2.45) is 0 Å². The molecular formula is C31H31NO8S. The quantitative estimate of drug-likeness (QED) is 0.203. The predicted octanol–water partition coefficient (Wildman–Crippen LogP) is 4.54.